The summed E-state index contributed by atoms with van der Waals surface area (Å²) in [6.07, 6.45) is 4.64. The van der Waals surface area contributed by atoms with Crippen molar-refractivity contribution in [2.24, 2.45) is 0 Å². The third kappa shape index (κ3) is 5.00. The molecule has 0 aromatic rings. The van der Waals surface area contributed by atoms with Crippen molar-refractivity contribution in [3.8, 4) is 0 Å². The molecule has 6 nitrogen and oxygen atoms in total. The van der Waals surface area contributed by atoms with Gasteiger partial charge in [0.05, 0.1) is 0 Å². The number of aliphatic carboxylic acids is 1. The minimum Gasteiger partial charge on any atom is -0.480 e. The second-order valence-electron chi connectivity index (χ2n) is 5.92. The summed E-state index contributed by atoms with van der Waals surface area (Å²) in [4.78, 5) is 37.1. The summed E-state index contributed by atoms with van der Waals surface area (Å²) in [6, 6.07) is 0. The van der Waals surface area contributed by atoms with Gasteiger partial charge >= 0.3 is 5.97 Å². The number of amides is 2. The summed E-state index contributed by atoms with van der Waals surface area (Å²) in [5.74, 6) is -1.17. The van der Waals surface area contributed by atoms with Crippen molar-refractivity contribution in [2.45, 2.75) is 70.8 Å². The quantitative estimate of drug-likeness (QED) is 0.717. The van der Waals surface area contributed by atoms with Gasteiger partial charge in [0, 0.05) is 25.9 Å². The van der Waals surface area contributed by atoms with Gasteiger partial charge in [-0.05, 0) is 33.1 Å². The maximum atomic E-state index is 12.0. The fraction of sp³-hybridized carbons (Fsp3) is 0.812. The lowest BCUT2D eigenvalue weighted by molar-refractivity contribution is -0.149. The second kappa shape index (κ2) is 8.76. The summed E-state index contributed by atoms with van der Waals surface area (Å²) in [6.45, 7) is 5.19. The van der Waals surface area contributed by atoms with Crippen LogP contribution >= 0.6 is 0 Å². The maximum Gasteiger partial charge on any atom is 0.329 e. The molecule has 0 aromatic heterocycles. The zero-order valence-corrected chi connectivity index (χ0v) is 13.7. The number of nitrogens with zero attached hydrogens (tertiary/aromatic N) is 1. The lowest BCUT2D eigenvalue weighted by Gasteiger charge is -2.34. The molecule has 1 fully saturated rings. The van der Waals surface area contributed by atoms with Crippen LogP contribution in [0.5, 0.6) is 0 Å². The van der Waals surface area contributed by atoms with Gasteiger partial charge in [0.1, 0.15) is 5.54 Å². The molecule has 0 saturated heterocycles. The molecule has 0 heterocycles. The van der Waals surface area contributed by atoms with Gasteiger partial charge in [-0.25, -0.2) is 4.79 Å². The van der Waals surface area contributed by atoms with Crippen LogP contribution in [0.2, 0.25) is 0 Å². The molecule has 126 valence electrons. The molecule has 1 rings (SSSR count). The first-order valence-corrected chi connectivity index (χ1v) is 8.27. The molecule has 0 aromatic carbocycles. The van der Waals surface area contributed by atoms with Crippen molar-refractivity contribution in [3.63, 3.8) is 0 Å². The number of carboxylic acids is 1. The van der Waals surface area contributed by atoms with E-state index in [1.807, 2.05) is 13.8 Å². The van der Waals surface area contributed by atoms with Crippen LogP contribution in [0.3, 0.4) is 0 Å². The molecule has 0 atom stereocenters. The van der Waals surface area contributed by atoms with Gasteiger partial charge in [0.2, 0.25) is 11.8 Å². The Morgan fingerprint density at radius 3 is 2.14 bits per heavy atom. The van der Waals surface area contributed by atoms with Crippen LogP contribution in [0.1, 0.15) is 65.2 Å². The predicted octanol–water partition coefficient (Wildman–Crippen LogP) is 1.93. The van der Waals surface area contributed by atoms with Gasteiger partial charge < -0.3 is 15.3 Å². The Morgan fingerprint density at radius 1 is 1.05 bits per heavy atom. The number of rotatable bonds is 8. The molecule has 1 aliphatic rings. The van der Waals surface area contributed by atoms with E-state index in [0.717, 1.165) is 19.3 Å². The Kier molecular flexibility index (Phi) is 7.35. The van der Waals surface area contributed by atoms with Gasteiger partial charge in [-0.1, -0.05) is 19.3 Å². The van der Waals surface area contributed by atoms with Crippen LogP contribution in [0.25, 0.3) is 0 Å². The molecular weight excluding hydrogens is 284 g/mol. The summed E-state index contributed by atoms with van der Waals surface area (Å²) in [5.41, 5.74) is -1.10. The lowest BCUT2D eigenvalue weighted by Crippen LogP contribution is -2.55. The Labute approximate surface area is 132 Å². The van der Waals surface area contributed by atoms with Crippen LogP contribution < -0.4 is 5.32 Å². The second-order valence-corrected chi connectivity index (χ2v) is 5.92. The Hall–Kier alpha value is -1.59. The Balaban J connectivity index is 2.42. The van der Waals surface area contributed by atoms with E-state index in [0.29, 0.717) is 38.8 Å². The average molecular weight is 312 g/mol. The fourth-order valence-electron chi connectivity index (χ4n) is 3.01. The first-order chi connectivity index (χ1) is 10.4. The third-order valence-corrected chi connectivity index (χ3v) is 4.41. The van der Waals surface area contributed by atoms with E-state index >= 15 is 0 Å². The Bertz CT molecular complexity index is 399. The highest BCUT2D eigenvalue weighted by molar-refractivity contribution is 5.87. The van der Waals surface area contributed by atoms with Gasteiger partial charge in [0.15, 0.2) is 0 Å². The van der Waals surface area contributed by atoms with Crippen molar-refractivity contribution >= 4 is 17.8 Å². The number of nitrogens with one attached hydrogen (secondary N) is 1. The monoisotopic (exact) mass is 312 g/mol. The molecular formula is C16H28N2O4. The number of carbonyl (C=O) groups excluding carboxylic acids is 2. The fourth-order valence-corrected chi connectivity index (χ4v) is 3.01. The first kappa shape index (κ1) is 18.5. The van der Waals surface area contributed by atoms with E-state index in [9.17, 15) is 19.5 Å². The number of carboxylic acid groups (broad SMARTS) is 1. The molecule has 0 spiro atoms. The van der Waals surface area contributed by atoms with Crippen LogP contribution in [0.4, 0.5) is 0 Å². The summed E-state index contributed by atoms with van der Waals surface area (Å²) in [5, 5.41) is 12.1. The van der Waals surface area contributed by atoms with Crippen molar-refractivity contribution in [2.75, 3.05) is 13.1 Å². The van der Waals surface area contributed by atoms with Crippen LogP contribution in [0.15, 0.2) is 0 Å². The molecule has 6 heteroatoms. The van der Waals surface area contributed by atoms with E-state index in [1.54, 1.807) is 4.90 Å². The summed E-state index contributed by atoms with van der Waals surface area (Å²) >= 11 is 0. The SMILES string of the molecule is CCN(CC)C(=O)CCCC(=O)NC1(C(=O)O)CCCCC1. The van der Waals surface area contributed by atoms with Crippen LogP contribution in [-0.4, -0.2) is 46.4 Å². The molecule has 1 aliphatic carbocycles. The van der Waals surface area contributed by atoms with Crippen molar-refractivity contribution in [3.05, 3.63) is 0 Å². The van der Waals surface area contributed by atoms with Crippen molar-refractivity contribution in [1.82, 2.24) is 10.2 Å². The predicted molar refractivity (Wildman–Crippen MR) is 83.4 cm³/mol. The highest BCUT2D eigenvalue weighted by Gasteiger charge is 2.40. The number of hydrogen-bond donors (Lipinski definition) is 2. The average Bonchev–Trinajstić information content (AvgIpc) is 2.49. The maximum absolute atomic E-state index is 12.0. The van der Waals surface area contributed by atoms with Crippen LogP contribution in [-0.2, 0) is 14.4 Å². The molecule has 22 heavy (non-hydrogen) atoms. The molecule has 0 aliphatic heterocycles. The highest BCUT2D eigenvalue weighted by atomic mass is 16.4. The smallest absolute Gasteiger partial charge is 0.329 e. The molecule has 2 N–H and O–H groups in total. The molecule has 0 bridgehead atoms. The van der Waals surface area contributed by atoms with Gasteiger partial charge in [0.25, 0.3) is 0 Å². The van der Waals surface area contributed by atoms with Gasteiger partial charge in [-0.15, -0.1) is 0 Å². The largest absolute Gasteiger partial charge is 0.480 e. The standard InChI is InChI=1S/C16H28N2O4/c1-3-18(4-2)14(20)10-8-9-13(19)17-16(15(21)22)11-6-5-7-12-16/h3-12H2,1-2H3,(H,17,19)(H,21,22). The summed E-state index contributed by atoms with van der Waals surface area (Å²) < 4.78 is 0. The zero-order chi connectivity index (χ0) is 16.6. The molecule has 0 unspecified atom stereocenters. The lowest BCUT2D eigenvalue weighted by atomic mass is 9.81. The van der Waals surface area contributed by atoms with E-state index < -0.39 is 11.5 Å². The van der Waals surface area contributed by atoms with Crippen molar-refractivity contribution in [1.29, 1.82) is 0 Å². The first-order valence-electron chi connectivity index (χ1n) is 8.27. The summed E-state index contributed by atoms with van der Waals surface area (Å²) in [7, 11) is 0. The normalized spacial score (nSPS) is 16.8. The minimum absolute atomic E-state index is 0.0448. The van der Waals surface area contributed by atoms with Crippen LogP contribution in [0, 0.1) is 0 Å². The third-order valence-electron chi connectivity index (χ3n) is 4.41. The van der Waals surface area contributed by atoms with Gasteiger partial charge in [-0.2, -0.15) is 0 Å². The van der Waals surface area contributed by atoms with E-state index in [-0.39, 0.29) is 18.2 Å². The minimum atomic E-state index is -1.10. The molecule has 1 saturated carbocycles. The topological polar surface area (TPSA) is 86.7 Å². The number of hydrogen-bond acceptors (Lipinski definition) is 3. The van der Waals surface area contributed by atoms with E-state index in [4.69, 9.17) is 0 Å². The van der Waals surface area contributed by atoms with E-state index in [1.165, 1.54) is 0 Å². The molecule has 0 radical (unpaired) electrons. The van der Waals surface area contributed by atoms with Crippen molar-refractivity contribution < 1.29 is 19.5 Å². The molecule has 2 amide bonds. The zero-order valence-electron chi connectivity index (χ0n) is 13.7. The number of carbonyl (C=O) groups is 3. The highest BCUT2D eigenvalue weighted by Crippen LogP contribution is 2.28. The Morgan fingerprint density at radius 2 is 1.64 bits per heavy atom. The van der Waals surface area contributed by atoms with E-state index in [2.05, 4.69) is 5.32 Å². The van der Waals surface area contributed by atoms with Gasteiger partial charge in [-0.3, -0.25) is 9.59 Å².